The van der Waals surface area contributed by atoms with Crippen LogP contribution in [0.3, 0.4) is 0 Å². The third-order valence-corrected chi connectivity index (χ3v) is 2.17. The van der Waals surface area contributed by atoms with Crippen LogP contribution in [0.1, 0.15) is 32.6 Å². The van der Waals surface area contributed by atoms with Crippen LogP contribution < -0.4 is 0 Å². The van der Waals surface area contributed by atoms with Gasteiger partial charge in [0.15, 0.2) is 0 Å². The van der Waals surface area contributed by atoms with E-state index in [-0.39, 0.29) is 12.3 Å². The molecule has 0 bridgehead atoms. The van der Waals surface area contributed by atoms with E-state index in [2.05, 4.69) is 0 Å². The van der Waals surface area contributed by atoms with Crippen LogP contribution in [0.4, 0.5) is 8.78 Å². The van der Waals surface area contributed by atoms with Crippen LogP contribution in [-0.2, 0) is 0 Å². The molecule has 0 saturated heterocycles. The highest BCUT2D eigenvalue weighted by atomic mass is 19.3. The summed E-state index contributed by atoms with van der Waals surface area (Å²) in [6, 6.07) is 0. The molecule has 9 heavy (non-hydrogen) atoms. The van der Waals surface area contributed by atoms with Gasteiger partial charge in [-0.2, -0.15) is 0 Å². The maximum Gasteiger partial charge on any atom is 0.250 e. The number of rotatable bonds is 2. The van der Waals surface area contributed by atoms with Gasteiger partial charge in [0.2, 0.25) is 0 Å². The van der Waals surface area contributed by atoms with Gasteiger partial charge in [0, 0.05) is 12.3 Å². The lowest BCUT2D eigenvalue weighted by atomic mass is 9.79. The summed E-state index contributed by atoms with van der Waals surface area (Å²) in [5.74, 6) is -2.65. The highest BCUT2D eigenvalue weighted by Crippen LogP contribution is 2.41. The van der Waals surface area contributed by atoms with E-state index in [1.54, 1.807) is 6.92 Å². The second-order valence-corrected chi connectivity index (χ2v) is 2.74. The average molecular weight is 134 g/mol. The zero-order chi connectivity index (χ0) is 6.91. The van der Waals surface area contributed by atoms with Gasteiger partial charge < -0.3 is 0 Å². The smallest absolute Gasteiger partial charge is 0.207 e. The average Bonchev–Trinajstić information content (AvgIpc) is 1.60. The van der Waals surface area contributed by atoms with Crippen LogP contribution in [0.25, 0.3) is 0 Å². The summed E-state index contributed by atoms with van der Waals surface area (Å²) < 4.78 is 25.2. The van der Waals surface area contributed by atoms with E-state index in [9.17, 15) is 8.78 Å². The fourth-order valence-electron chi connectivity index (χ4n) is 1.12. The van der Waals surface area contributed by atoms with Gasteiger partial charge in [-0.3, -0.25) is 0 Å². The molecule has 0 amide bonds. The van der Waals surface area contributed by atoms with E-state index in [1.165, 1.54) is 0 Å². The third-order valence-electron chi connectivity index (χ3n) is 2.17. The molecule has 0 N–H and O–H groups in total. The van der Waals surface area contributed by atoms with Crippen molar-refractivity contribution in [1.29, 1.82) is 0 Å². The van der Waals surface area contributed by atoms with Crippen LogP contribution in [-0.4, -0.2) is 5.92 Å². The van der Waals surface area contributed by atoms with Crippen molar-refractivity contribution in [3.05, 3.63) is 0 Å². The first-order chi connectivity index (χ1) is 4.17. The predicted molar refractivity (Wildman–Crippen MR) is 32.6 cm³/mol. The molecule has 54 valence electrons. The molecule has 1 aliphatic rings. The van der Waals surface area contributed by atoms with Crippen LogP contribution in [0, 0.1) is 5.92 Å². The number of hydrogen-bond donors (Lipinski definition) is 0. The standard InChI is InChI=1S/C7H12F2/c1-2-7(8,9)6-4-3-5-6/h6H,2-5H2,1H3. The summed E-state index contributed by atoms with van der Waals surface area (Å²) in [5, 5.41) is 0. The topological polar surface area (TPSA) is 0 Å². The number of halogens is 2. The lowest BCUT2D eigenvalue weighted by Gasteiger charge is -2.32. The molecule has 0 unspecified atom stereocenters. The zero-order valence-corrected chi connectivity index (χ0v) is 5.66. The molecule has 1 fully saturated rings. The SMILES string of the molecule is CCC(F)(F)C1CCC1. The fourth-order valence-corrected chi connectivity index (χ4v) is 1.12. The molecule has 1 rings (SSSR count). The molecule has 0 aromatic heterocycles. The van der Waals surface area contributed by atoms with Crippen molar-refractivity contribution < 1.29 is 8.78 Å². The Balaban J connectivity index is 2.37. The van der Waals surface area contributed by atoms with Crippen molar-refractivity contribution in [3.63, 3.8) is 0 Å². The lowest BCUT2D eigenvalue weighted by molar-refractivity contribution is -0.0894. The van der Waals surface area contributed by atoms with E-state index >= 15 is 0 Å². The molecule has 0 radical (unpaired) electrons. The van der Waals surface area contributed by atoms with E-state index in [0.717, 1.165) is 19.3 Å². The van der Waals surface area contributed by atoms with E-state index in [4.69, 9.17) is 0 Å². The molecule has 1 aliphatic carbocycles. The van der Waals surface area contributed by atoms with Crippen molar-refractivity contribution in [2.75, 3.05) is 0 Å². The summed E-state index contributed by atoms with van der Waals surface area (Å²) in [6.45, 7) is 1.55. The summed E-state index contributed by atoms with van der Waals surface area (Å²) >= 11 is 0. The zero-order valence-electron chi connectivity index (χ0n) is 5.66. The van der Waals surface area contributed by atoms with Crippen molar-refractivity contribution in [3.8, 4) is 0 Å². The van der Waals surface area contributed by atoms with E-state index in [0.29, 0.717) is 0 Å². The van der Waals surface area contributed by atoms with Gasteiger partial charge in [0.1, 0.15) is 0 Å². The summed E-state index contributed by atoms with van der Waals surface area (Å²) in [4.78, 5) is 0. The van der Waals surface area contributed by atoms with E-state index < -0.39 is 5.92 Å². The monoisotopic (exact) mass is 134 g/mol. The lowest BCUT2D eigenvalue weighted by Crippen LogP contribution is -2.32. The normalized spacial score (nSPS) is 21.7. The van der Waals surface area contributed by atoms with Crippen LogP contribution in [0.15, 0.2) is 0 Å². The first-order valence-corrected chi connectivity index (χ1v) is 3.54. The maximum absolute atomic E-state index is 12.6. The molecule has 2 heteroatoms. The maximum atomic E-state index is 12.6. The molecule has 0 aliphatic heterocycles. The number of alkyl halides is 2. The Bertz CT molecular complexity index is 95.1. The molecule has 1 saturated carbocycles. The van der Waals surface area contributed by atoms with Crippen LogP contribution in [0.5, 0.6) is 0 Å². The van der Waals surface area contributed by atoms with Crippen LogP contribution >= 0.6 is 0 Å². The molecule has 0 aromatic carbocycles. The van der Waals surface area contributed by atoms with Crippen molar-refractivity contribution in [2.24, 2.45) is 5.92 Å². The third kappa shape index (κ3) is 1.22. The van der Waals surface area contributed by atoms with Crippen molar-refractivity contribution >= 4 is 0 Å². The quantitative estimate of drug-likeness (QED) is 0.544. The summed E-state index contributed by atoms with van der Waals surface area (Å²) in [7, 11) is 0. The Morgan fingerprint density at radius 1 is 1.44 bits per heavy atom. The van der Waals surface area contributed by atoms with Gasteiger partial charge in [-0.1, -0.05) is 13.3 Å². The van der Waals surface area contributed by atoms with Gasteiger partial charge in [-0.25, -0.2) is 8.78 Å². The Labute approximate surface area is 54.3 Å². The predicted octanol–water partition coefficient (Wildman–Crippen LogP) is 2.83. The Morgan fingerprint density at radius 2 is 2.00 bits per heavy atom. The Kier molecular flexibility index (Phi) is 1.73. The summed E-state index contributed by atoms with van der Waals surface area (Å²) in [6.07, 6.45) is 2.49. The molecule has 0 nitrogen and oxygen atoms in total. The molecular formula is C7H12F2. The second-order valence-electron chi connectivity index (χ2n) is 2.74. The molecule has 0 heterocycles. The van der Waals surface area contributed by atoms with Gasteiger partial charge >= 0.3 is 0 Å². The minimum atomic E-state index is -2.36. The van der Waals surface area contributed by atoms with Gasteiger partial charge in [-0.15, -0.1) is 0 Å². The second kappa shape index (κ2) is 2.24. The molecule has 0 spiro atoms. The van der Waals surface area contributed by atoms with Gasteiger partial charge in [0.25, 0.3) is 5.92 Å². The molecule has 0 atom stereocenters. The first-order valence-electron chi connectivity index (χ1n) is 3.54. The minimum absolute atomic E-state index is 0.0116. The summed E-state index contributed by atoms with van der Waals surface area (Å²) in [5.41, 5.74) is 0. The van der Waals surface area contributed by atoms with Crippen molar-refractivity contribution in [2.45, 2.75) is 38.5 Å². The Morgan fingerprint density at radius 3 is 2.11 bits per heavy atom. The first kappa shape index (κ1) is 6.97. The largest absolute Gasteiger partial charge is 0.250 e. The van der Waals surface area contributed by atoms with E-state index in [1.807, 2.05) is 0 Å². The van der Waals surface area contributed by atoms with Gasteiger partial charge in [-0.05, 0) is 12.8 Å². The highest BCUT2D eigenvalue weighted by Gasteiger charge is 2.40. The highest BCUT2D eigenvalue weighted by molar-refractivity contribution is 4.82. The fraction of sp³-hybridized carbons (Fsp3) is 1.00. The van der Waals surface area contributed by atoms with Crippen molar-refractivity contribution in [1.82, 2.24) is 0 Å². The van der Waals surface area contributed by atoms with Crippen LogP contribution in [0.2, 0.25) is 0 Å². The van der Waals surface area contributed by atoms with Gasteiger partial charge in [0.05, 0.1) is 0 Å². The Hall–Kier alpha value is -0.140. The minimum Gasteiger partial charge on any atom is -0.207 e. The number of hydrogen-bond acceptors (Lipinski definition) is 0. The molecule has 0 aromatic rings. The molecular weight excluding hydrogens is 122 g/mol.